The Morgan fingerprint density at radius 3 is 2.15 bits per heavy atom. The van der Waals surface area contributed by atoms with Crippen LogP contribution in [0, 0.1) is 0 Å². The molecule has 2 amide bonds. The molecule has 5 N–H and O–H groups in total. The number of hydrogen-bond acceptors (Lipinski definition) is 3. The molecule has 7 heteroatoms. The van der Waals surface area contributed by atoms with Gasteiger partial charge in [0.15, 0.2) is 0 Å². The molecule has 13 heavy (non-hydrogen) atoms. The third-order valence-corrected chi connectivity index (χ3v) is 1.29. The Bertz CT molecular complexity index is 227. The van der Waals surface area contributed by atoms with Crippen molar-refractivity contribution >= 4 is 18.0 Å². The second kappa shape index (κ2) is 4.96. The monoisotopic (exact) mass is 190 g/mol. The van der Waals surface area contributed by atoms with E-state index in [1.54, 1.807) is 0 Å². The lowest BCUT2D eigenvalue weighted by atomic mass is 10.1. The fourth-order valence-corrected chi connectivity index (χ4v) is 0.702. The maximum atomic E-state index is 10.6. The average Bonchev–Trinajstić information content (AvgIpc) is 1.96. The van der Waals surface area contributed by atoms with E-state index in [-0.39, 0.29) is 12.8 Å². The molecule has 1 atom stereocenters. The van der Waals surface area contributed by atoms with Crippen molar-refractivity contribution in [2.45, 2.75) is 18.9 Å². The first kappa shape index (κ1) is 11.2. The summed E-state index contributed by atoms with van der Waals surface area (Å²) in [7, 11) is 0. The maximum Gasteiger partial charge on any atom is 0.405 e. The third kappa shape index (κ3) is 5.48. The van der Waals surface area contributed by atoms with E-state index in [4.69, 9.17) is 15.9 Å². The summed E-state index contributed by atoms with van der Waals surface area (Å²) >= 11 is 0. The number of carbonyl (C=O) groups is 3. The van der Waals surface area contributed by atoms with Crippen LogP contribution in [0.1, 0.15) is 12.8 Å². The van der Waals surface area contributed by atoms with Gasteiger partial charge in [-0.3, -0.25) is 9.59 Å². The van der Waals surface area contributed by atoms with Crippen LogP contribution in [0.5, 0.6) is 0 Å². The van der Waals surface area contributed by atoms with Crippen LogP contribution >= 0.6 is 0 Å². The number of amides is 2. The van der Waals surface area contributed by atoms with Crippen LogP contribution in [0.2, 0.25) is 0 Å². The first-order valence-electron chi connectivity index (χ1n) is 3.44. The zero-order valence-electron chi connectivity index (χ0n) is 6.69. The Labute approximate surface area is 73.5 Å². The van der Waals surface area contributed by atoms with Gasteiger partial charge in [-0.1, -0.05) is 0 Å². The summed E-state index contributed by atoms with van der Waals surface area (Å²) in [6, 6.07) is -1.14. The van der Waals surface area contributed by atoms with Crippen LogP contribution in [-0.4, -0.2) is 34.2 Å². The van der Waals surface area contributed by atoms with Gasteiger partial charge in [-0.05, 0) is 6.42 Å². The number of rotatable bonds is 5. The smallest absolute Gasteiger partial charge is 0.405 e. The van der Waals surface area contributed by atoms with Gasteiger partial charge in [-0.2, -0.15) is 0 Å². The molecule has 0 aromatic rings. The molecule has 0 unspecified atom stereocenters. The molecule has 0 rings (SSSR count). The molecule has 0 fully saturated rings. The fourth-order valence-electron chi connectivity index (χ4n) is 0.702. The molecule has 0 aromatic heterocycles. The van der Waals surface area contributed by atoms with E-state index in [9.17, 15) is 14.4 Å². The summed E-state index contributed by atoms with van der Waals surface area (Å²) in [6.07, 6.45) is -1.86. The summed E-state index contributed by atoms with van der Waals surface area (Å²) in [5.74, 6) is -2.00. The van der Waals surface area contributed by atoms with Gasteiger partial charge in [0.05, 0.1) is 0 Å². The lowest BCUT2D eigenvalue weighted by molar-refractivity contribution is -0.137. The lowest BCUT2D eigenvalue weighted by Gasteiger charge is -2.10. The number of carboxylic acids is 1. The van der Waals surface area contributed by atoms with E-state index in [1.807, 2.05) is 5.32 Å². The third-order valence-electron chi connectivity index (χ3n) is 1.29. The quantitative estimate of drug-likeness (QED) is 0.440. The topological polar surface area (TPSA) is 130 Å². The van der Waals surface area contributed by atoms with Crippen molar-refractivity contribution in [3.8, 4) is 0 Å². The Morgan fingerprint density at radius 1 is 1.31 bits per heavy atom. The van der Waals surface area contributed by atoms with Crippen LogP contribution in [-0.2, 0) is 9.59 Å². The summed E-state index contributed by atoms with van der Waals surface area (Å²) in [5, 5.41) is 18.3. The highest BCUT2D eigenvalue weighted by Crippen LogP contribution is 1.96. The number of nitrogens with two attached hydrogens (primary N) is 1. The Balaban J connectivity index is 4.02. The standard InChI is InChI=1S/C6H10N2O5/c7-5(11)3(8-6(12)13)1-2-4(9)10/h3,8H,1-2H2,(H2,7,11)(H,9,10)(H,12,13)/t3-/m0/s1. The summed E-state index contributed by atoms with van der Waals surface area (Å²) in [6.45, 7) is 0. The number of carboxylic acid groups (broad SMARTS) is 2. The molecule has 74 valence electrons. The van der Waals surface area contributed by atoms with Crippen molar-refractivity contribution in [2.75, 3.05) is 0 Å². The van der Waals surface area contributed by atoms with Crippen molar-refractivity contribution in [3.05, 3.63) is 0 Å². The second-order valence-electron chi connectivity index (χ2n) is 2.34. The fraction of sp³-hybridized carbons (Fsp3) is 0.500. The van der Waals surface area contributed by atoms with Gasteiger partial charge in [-0.15, -0.1) is 0 Å². The van der Waals surface area contributed by atoms with Crippen LogP contribution in [0.25, 0.3) is 0 Å². The van der Waals surface area contributed by atoms with E-state index in [1.165, 1.54) is 0 Å². The van der Waals surface area contributed by atoms with Crippen LogP contribution in [0.3, 0.4) is 0 Å². The molecule has 0 spiro atoms. The predicted octanol–water partition coefficient (Wildman–Crippen LogP) is -1.03. The largest absolute Gasteiger partial charge is 0.481 e. The van der Waals surface area contributed by atoms with Gasteiger partial charge in [0.25, 0.3) is 0 Å². The predicted molar refractivity (Wildman–Crippen MR) is 41.0 cm³/mol. The van der Waals surface area contributed by atoms with Crippen molar-refractivity contribution in [3.63, 3.8) is 0 Å². The number of carbonyl (C=O) groups excluding carboxylic acids is 1. The highest BCUT2D eigenvalue weighted by Gasteiger charge is 2.18. The number of hydrogen-bond donors (Lipinski definition) is 4. The van der Waals surface area contributed by atoms with Gasteiger partial charge in [-0.25, -0.2) is 4.79 Å². The normalized spacial score (nSPS) is 11.7. The second-order valence-corrected chi connectivity index (χ2v) is 2.34. The van der Waals surface area contributed by atoms with Crippen molar-refractivity contribution in [1.82, 2.24) is 5.32 Å². The molecule has 0 radical (unpaired) electrons. The summed E-state index contributed by atoms with van der Waals surface area (Å²) in [4.78, 5) is 30.7. The molecule has 0 aliphatic heterocycles. The van der Waals surface area contributed by atoms with E-state index < -0.39 is 24.0 Å². The summed E-state index contributed by atoms with van der Waals surface area (Å²) in [5.41, 5.74) is 4.81. The van der Waals surface area contributed by atoms with Gasteiger partial charge in [0.1, 0.15) is 6.04 Å². The molecule has 0 aromatic carbocycles. The SMILES string of the molecule is NC(=O)[C@H](CCC(=O)O)NC(=O)O. The maximum absolute atomic E-state index is 10.6. The van der Waals surface area contributed by atoms with E-state index in [0.717, 1.165) is 0 Å². The minimum absolute atomic E-state index is 0.142. The van der Waals surface area contributed by atoms with Crippen LogP contribution in [0.4, 0.5) is 4.79 Å². The zero-order valence-corrected chi connectivity index (χ0v) is 6.69. The van der Waals surface area contributed by atoms with E-state index in [0.29, 0.717) is 0 Å². The molecule has 0 bridgehead atoms. The first-order valence-corrected chi connectivity index (χ1v) is 3.44. The number of nitrogens with one attached hydrogen (secondary N) is 1. The highest BCUT2D eigenvalue weighted by atomic mass is 16.4. The molecule has 0 saturated carbocycles. The number of aliphatic carboxylic acids is 1. The molecular weight excluding hydrogens is 180 g/mol. The van der Waals surface area contributed by atoms with E-state index >= 15 is 0 Å². The molecule has 0 saturated heterocycles. The average molecular weight is 190 g/mol. The summed E-state index contributed by atoms with van der Waals surface area (Å²) < 4.78 is 0. The Hall–Kier alpha value is -1.79. The molecule has 0 aliphatic carbocycles. The molecular formula is C6H10N2O5. The minimum atomic E-state index is -1.41. The Kier molecular flexibility index (Phi) is 4.28. The van der Waals surface area contributed by atoms with Gasteiger partial charge < -0.3 is 21.3 Å². The Morgan fingerprint density at radius 2 is 1.85 bits per heavy atom. The van der Waals surface area contributed by atoms with Gasteiger partial charge in [0.2, 0.25) is 5.91 Å². The molecule has 7 nitrogen and oxygen atoms in total. The van der Waals surface area contributed by atoms with Crippen molar-refractivity contribution < 1.29 is 24.6 Å². The van der Waals surface area contributed by atoms with Crippen molar-refractivity contribution in [2.24, 2.45) is 5.73 Å². The minimum Gasteiger partial charge on any atom is -0.481 e. The lowest BCUT2D eigenvalue weighted by Crippen LogP contribution is -2.44. The molecule has 0 aliphatic rings. The highest BCUT2D eigenvalue weighted by molar-refractivity contribution is 5.84. The van der Waals surface area contributed by atoms with Crippen LogP contribution in [0.15, 0.2) is 0 Å². The zero-order chi connectivity index (χ0) is 10.4. The number of primary amides is 1. The van der Waals surface area contributed by atoms with Gasteiger partial charge in [0, 0.05) is 6.42 Å². The van der Waals surface area contributed by atoms with Gasteiger partial charge >= 0.3 is 12.1 Å². The van der Waals surface area contributed by atoms with Crippen LogP contribution < -0.4 is 11.1 Å². The first-order chi connectivity index (χ1) is 5.93. The van der Waals surface area contributed by atoms with E-state index in [2.05, 4.69) is 0 Å². The van der Waals surface area contributed by atoms with Crippen molar-refractivity contribution in [1.29, 1.82) is 0 Å². The molecule has 0 heterocycles.